The van der Waals surface area contributed by atoms with Gasteiger partial charge in [-0.05, 0) is 37.5 Å². The molecule has 0 radical (unpaired) electrons. The highest BCUT2D eigenvalue weighted by Crippen LogP contribution is 2.44. The lowest BCUT2D eigenvalue weighted by molar-refractivity contribution is -0.140. The summed E-state index contributed by atoms with van der Waals surface area (Å²) >= 11 is 0. The number of rotatable bonds is 5. The van der Waals surface area contributed by atoms with Gasteiger partial charge in [0.25, 0.3) is 0 Å². The molecule has 1 N–H and O–H groups in total. The molecule has 1 fully saturated rings. The molecular formula is C13H21NO2. The number of hydrogen-bond acceptors (Lipinski definition) is 3. The van der Waals surface area contributed by atoms with Gasteiger partial charge >= 0.3 is 5.97 Å². The number of fused-ring (bicyclic) bond motifs is 2. The molecule has 4 atom stereocenters. The van der Waals surface area contributed by atoms with Crippen molar-refractivity contribution in [1.82, 2.24) is 5.32 Å². The van der Waals surface area contributed by atoms with Crippen LogP contribution in [0.15, 0.2) is 12.2 Å². The second kappa shape index (κ2) is 5.00. The molecule has 0 amide bonds. The van der Waals surface area contributed by atoms with Crippen LogP contribution < -0.4 is 5.32 Å². The van der Waals surface area contributed by atoms with Gasteiger partial charge in [0.15, 0.2) is 0 Å². The molecule has 2 bridgehead atoms. The van der Waals surface area contributed by atoms with Crippen molar-refractivity contribution >= 4 is 5.97 Å². The Morgan fingerprint density at radius 3 is 2.88 bits per heavy atom. The molecule has 0 aliphatic heterocycles. The van der Waals surface area contributed by atoms with Crippen LogP contribution in [0.5, 0.6) is 0 Å². The maximum absolute atomic E-state index is 11.0. The summed E-state index contributed by atoms with van der Waals surface area (Å²) in [4.78, 5) is 11.0. The van der Waals surface area contributed by atoms with Gasteiger partial charge in [0.1, 0.15) is 0 Å². The zero-order chi connectivity index (χ0) is 11.5. The summed E-state index contributed by atoms with van der Waals surface area (Å²) in [6.45, 7) is 2.96. The first kappa shape index (κ1) is 11.6. The van der Waals surface area contributed by atoms with Crippen molar-refractivity contribution in [1.29, 1.82) is 0 Å². The van der Waals surface area contributed by atoms with Crippen LogP contribution in [-0.2, 0) is 9.53 Å². The molecule has 90 valence electrons. The number of esters is 1. The first-order chi connectivity index (χ1) is 7.70. The number of carbonyl (C=O) groups is 1. The minimum Gasteiger partial charge on any atom is -0.469 e. The van der Waals surface area contributed by atoms with E-state index in [1.807, 2.05) is 0 Å². The zero-order valence-electron chi connectivity index (χ0n) is 10.1. The lowest BCUT2D eigenvalue weighted by Crippen LogP contribution is -2.36. The molecule has 2 aliphatic rings. The largest absolute Gasteiger partial charge is 0.469 e. The molecular weight excluding hydrogens is 202 g/mol. The SMILES string of the molecule is COC(=O)CCNC(C)C1CC2C=CC1C2. The summed E-state index contributed by atoms with van der Waals surface area (Å²) in [7, 11) is 1.44. The second-order valence-electron chi connectivity index (χ2n) is 5.01. The van der Waals surface area contributed by atoms with E-state index in [1.54, 1.807) is 0 Å². The van der Waals surface area contributed by atoms with Crippen LogP contribution in [0.4, 0.5) is 0 Å². The highest BCUT2D eigenvalue weighted by Gasteiger charge is 2.38. The molecule has 0 saturated heterocycles. The number of ether oxygens (including phenoxy) is 1. The van der Waals surface area contributed by atoms with Crippen LogP contribution in [0.3, 0.4) is 0 Å². The van der Waals surface area contributed by atoms with Crippen molar-refractivity contribution in [2.24, 2.45) is 17.8 Å². The molecule has 4 unspecified atom stereocenters. The van der Waals surface area contributed by atoms with Crippen LogP contribution in [-0.4, -0.2) is 25.7 Å². The summed E-state index contributed by atoms with van der Waals surface area (Å²) in [5.41, 5.74) is 0. The van der Waals surface area contributed by atoms with E-state index in [9.17, 15) is 4.79 Å². The Morgan fingerprint density at radius 1 is 1.50 bits per heavy atom. The van der Waals surface area contributed by atoms with E-state index < -0.39 is 0 Å². The van der Waals surface area contributed by atoms with Crippen LogP contribution in [0.25, 0.3) is 0 Å². The van der Waals surface area contributed by atoms with E-state index in [2.05, 4.69) is 29.1 Å². The van der Waals surface area contributed by atoms with E-state index in [1.165, 1.54) is 20.0 Å². The number of hydrogen-bond donors (Lipinski definition) is 1. The van der Waals surface area contributed by atoms with E-state index in [-0.39, 0.29) is 5.97 Å². The third-order valence-corrected chi connectivity index (χ3v) is 4.00. The Hall–Kier alpha value is -0.830. The van der Waals surface area contributed by atoms with Crippen LogP contribution in [0, 0.1) is 17.8 Å². The molecule has 1 saturated carbocycles. The molecule has 16 heavy (non-hydrogen) atoms. The van der Waals surface area contributed by atoms with E-state index in [4.69, 9.17) is 0 Å². The van der Waals surface area contributed by atoms with Crippen molar-refractivity contribution in [2.75, 3.05) is 13.7 Å². The average Bonchev–Trinajstić information content (AvgIpc) is 2.90. The van der Waals surface area contributed by atoms with Crippen molar-refractivity contribution in [3.05, 3.63) is 12.2 Å². The molecule has 0 spiro atoms. The summed E-state index contributed by atoms with van der Waals surface area (Å²) in [5, 5.41) is 3.44. The van der Waals surface area contributed by atoms with E-state index >= 15 is 0 Å². The molecule has 0 aromatic heterocycles. The summed E-state index contributed by atoms with van der Waals surface area (Å²) in [6, 6.07) is 0.504. The fourth-order valence-corrected chi connectivity index (χ4v) is 3.05. The quantitative estimate of drug-likeness (QED) is 0.570. The van der Waals surface area contributed by atoms with Gasteiger partial charge in [-0.1, -0.05) is 12.2 Å². The fraction of sp³-hybridized carbons (Fsp3) is 0.769. The highest BCUT2D eigenvalue weighted by molar-refractivity contribution is 5.69. The Morgan fingerprint density at radius 2 is 2.31 bits per heavy atom. The smallest absolute Gasteiger partial charge is 0.306 e. The first-order valence-electron chi connectivity index (χ1n) is 6.19. The van der Waals surface area contributed by atoms with Crippen LogP contribution >= 0.6 is 0 Å². The van der Waals surface area contributed by atoms with Crippen LogP contribution in [0.2, 0.25) is 0 Å². The van der Waals surface area contributed by atoms with Gasteiger partial charge in [-0.25, -0.2) is 0 Å². The van der Waals surface area contributed by atoms with Gasteiger partial charge in [-0.15, -0.1) is 0 Å². The predicted octanol–water partition coefficient (Wildman–Crippen LogP) is 1.74. The standard InChI is InChI=1S/C13H21NO2/c1-9(14-6-5-13(15)16-2)12-8-10-3-4-11(12)7-10/h3-4,9-12,14H,5-8H2,1-2H3. The lowest BCUT2D eigenvalue weighted by Gasteiger charge is -2.26. The number of allylic oxidation sites excluding steroid dienone is 2. The molecule has 0 aromatic rings. The predicted molar refractivity (Wildman–Crippen MR) is 62.9 cm³/mol. The molecule has 3 heteroatoms. The summed E-state index contributed by atoms with van der Waals surface area (Å²) in [5.74, 6) is 2.21. The summed E-state index contributed by atoms with van der Waals surface area (Å²) < 4.78 is 4.62. The maximum Gasteiger partial charge on any atom is 0.306 e. The lowest BCUT2D eigenvalue weighted by atomic mass is 9.87. The zero-order valence-corrected chi connectivity index (χ0v) is 10.1. The van der Waals surface area contributed by atoms with Crippen molar-refractivity contribution in [3.8, 4) is 0 Å². The van der Waals surface area contributed by atoms with Gasteiger partial charge in [-0.3, -0.25) is 4.79 Å². The maximum atomic E-state index is 11.0. The fourth-order valence-electron chi connectivity index (χ4n) is 3.05. The van der Waals surface area contributed by atoms with Gasteiger partial charge in [0.05, 0.1) is 13.5 Å². The van der Waals surface area contributed by atoms with Gasteiger partial charge < -0.3 is 10.1 Å². The van der Waals surface area contributed by atoms with E-state index in [0.717, 1.165) is 24.3 Å². The monoisotopic (exact) mass is 223 g/mol. The number of methoxy groups -OCH3 is 1. The third kappa shape index (κ3) is 2.46. The van der Waals surface area contributed by atoms with Gasteiger partial charge in [0.2, 0.25) is 0 Å². The Balaban J connectivity index is 1.70. The minimum atomic E-state index is -0.132. The topological polar surface area (TPSA) is 38.3 Å². The Labute approximate surface area is 97.2 Å². The molecule has 0 heterocycles. The van der Waals surface area contributed by atoms with Crippen molar-refractivity contribution in [3.63, 3.8) is 0 Å². The second-order valence-corrected chi connectivity index (χ2v) is 5.01. The highest BCUT2D eigenvalue weighted by atomic mass is 16.5. The number of carbonyl (C=O) groups excluding carboxylic acids is 1. The molecule has 2 rings (SSSR count). The van der Waals surface area contributed by atoms with Crippen molar-refractivity contribution < 1.29 is 9.53 Å². The van der Waals surface area contributed by atoms with Crippen LogP contribution in [0.1, 0.15) is 26.2 Å². The minimum absolute atomic E-state index is 0.132. The summed E-state index contributed by atoms with van der Waals surface area (Å²) in [6.07, 6.45) is 7.86. The van der Waals surface area contributed by atoms with Gasteiger partial charge in [-0.2, -0.15) is 0 Å². The third-order valence-electron chi connectivity index (χ3n) is 4.00. The van der Waals surface area contributed by atoms with E-state index in [0.29, 0.717) is 12.5 Å². The molecule has 0 aromatic carbocycles. The average molecular weight is 223 g/mol. The van der Waals surface area contributed by atoms with Crippen molar-refractivity contribution in [2.45, 2.75) is 32.2 Å². The normalized spacial score (nSPS) is 33.0. The van der Waals surface area contributed by atoms with Gasteiger partial charge in [0, 0.05) is 12.6 Å². The number of nitrogens with one attached hydrogen (secondary N) is 1. The first-order valence-corrected chi connectivity index (χ1v) is 6.19. The molecule has 2 aliphatic carbocycles. The Kier molecular flexibility index (Phi) is 3.64. The molecule has 3 nitrogen and oxygen atoms in total. The Bertz CT molecular complexity index is 288.